The molecule has 4 nitrogen and oxygen atoms in total. The van der Waals surface area contributed by atoms with Crippen LogP contribution in [0.25, 0.3) is 0 Å². The molecule has 1 aliphatic rings. The third-order valence-electron chi connectivity index (χ3n) is 3.50. The number of nitrogens with two attached hydrogens (primary N) is 1. The number of benzene rings is 1. The summed E-state index contributed by atoms with van der Waals surface area (Å²) in [5, 5.41) is 10.5. The Morgan fingerprint density at radius 1 is 1.42 bits per heavy atom. The van der Waals surface area contributed by atoms with Gasteiger partial charge in [-0.1, -0.05) is 6.07 Å². The molecule has 5 heteroatoms. The smallest absolute Gasteiger partial charge is 0.0817 e. The summed E-state index contributed by atoms with van der Waals surface area (Å²) < 4.78 is 6.21. The van der Waals surface area contributed by atoms with Crippen molar-refractivity contribution in [3.63, 3.8) is 0 Å². The van der Waals surface area contributed by atoms with E-state index in [0.29, 0.717) is 32.6 Å². The normalized spacial score (nSPS) is 18.7. The second-order valence-electron chi connectivity index (χ2n) is 5.36. The van der Waals surface area contributed by atoms with Gasteiger partial charge in [-0.3, -0.25) is 4.90 Å². The molecule has 1 aromatic rings. The Kier molecular flexibility index (Phi) is 4.84. The minimum absolute atomic E-state index is 0.617. The van der Waals surface area contributed by atoms with Crippen LogP contribution in [0.1, 0.15) is 18.4 Å². The van der Waals surface area contributed by atoms with Crippen LogP contribution in [0, 0.1) is 0 Å². The number of ether oxygens (including phenoxy) is 1. The first-order valence-corrected chi connectivity index (χ1v) is 7.30. The van der Waals surface area contributed by atoms with E-state index in [-0.39, 0.29) is 0 Å². The van der Waals surface area contributed by atoms with E-state index in [1.165, 1.54) is 0 Å². The minimum Gasteiger partial charge on any atom is -0.398 e. The molecule has 2 rings (SSSR count). The van der Waals surface area contributed by atoms with Crippen LogP contribution >= 0.6 is 15.9 Å². The molecule has 0 spiro atoms. The number of hydrogen-bond acceptors (Lipinski definition) is 4. The molecule has 0 aliphatic carbocycles. The summed E-state index contributed by atoms with van der Waals surface area (Å²) in [6.45, 7) is 2.73. The maximum Gasteiger partial charge on any atom is 0.0817 e. The Balaban J connectivity index is 1.93. The van der Waals surface area contributed by atoms with E-state index in [2.05, 4.69) is 20.8 Å². The topological polar surface area (TPSA) is 58.7 Å². The highest BCUT2D eigenvalue weighted by atomic mass is 79.9. The van der Waals surface area contributed by atoms with Gasteiger partial charge in [0.1, 0.15) is 0 Å². The SMILES string of the molecule is CN(Cc1ccc(Br)c(N)c1)CC1(O)CCOCC1. The molecular weight excluding hydrogens is 308 g/mol. The van der Waals surface area contributed by atoms with E-state index >= 15 is 0 Å². The van der Waals surface area contributed by atoms with Crippen molar-refractivity contribution < 1.29 is 9.84 Å². The van der Waals surface area contributed by atoms with Gasteiger partial charge in [0.15, 0.2) is 0 Å². The summed E-state index contributed by atoms with van der Waals surface area (Å²) in [7, 11) is 2.02. The van der Waals surface area contributed by atoms with Crippen molar-refractivity contribution in [1.29, 1.82) is 0 Å². The molecule has 1 saturated heterocycles. The first-order valence-electron chi connectivity index (χ1n) is 6.51. The number of aliphatic hydroxyl groups is 1. The van der Waals surface area contributed by atoms with Gasteiger partial charge >= 0.3 is 0 Å². The van der Waals surface area contributed by atoms with E-state index in [1.807, 2.05) is 25.2 Å². The third kappa shape index (κ3) is 4.18. The lowest BCUT2D eigenvalue weighted by atomic mass is 9.94. The lowest BCUT2D eigenvalue weighted by Crippen LogP contribution is -2.45. The van der Waals surface area contributed by atoms with Gasteiger partial charge in [-0.05, 0) is 40.7 Å². The number of nitrogens with zero attached hydrogens (tertiary/aromatic N) is 1. The molecule has 0 unspecified atom stereocenters. The molecule has 1 aliphatic heterocycles. The maximum absolute atomic E-state index is 10.5. The molecule has 0 radical (unpaired) electrons. The summed E-state index contributed by atoms with van der Waals surface area (Å²) in [5.74, 6) is 0. The van der Waals surface area contributed by atoms with Crippen LogP contribution in [-0.4, -0.2) is 42.4 Å². The summed E-state index contributed by atoms with van der Waals surface area (Å²) >= 11 is 3.39. The Labute approximate surface area is 122 Å². The molecule has 19 heavy (non-hydrogen) atoms. The molecule has 1 aromatic carbocycles. The van der Waals surface area contributed by atoms with E-state index in [9.17, 15) is 5.11 Å². The largest absolute Gasteiger partial charge is 0.398 e. The first-order chi connectivity index (χ1) is 8.98. The van der Waals surface area contributed by atoms with Crippen LogP contribution in [0.15, 0.2) is 22.7 Å². The maximum atomic E-state index is 10.5. The van der Waals surface area contributed by atoms with Crippen LogP contribution in [0.5, 0.6) is 0 Å². The predicted octanol–water partition coefficient (Wildman–Crippen LogP) is 2.00. The number of hydrogen-bond donors (Lipinski definition) is 2. The summed E-state index contributed by atoms with van der Waals surface area (Å²) in [6, 6.07) is 5.97. The fraction of sp³-hybridized carbons (Fsp3) is 0.571. The lowest BCUT2D eigenvalue weighted by molar-refractivity contribution is -0.0777. The van der Waals surface area contributed by atoms with Crippen LogP contribution in [-0.2, 0) is 11.3 Å². The molecule has 1 heterocycles. The van der Waals surface area contributed by atoms with Crippen molar-refractivity contribution in [3.8, 4) is 0 Å². The predicted molar refractivity (Wildman–Crippen MR) is 79.9 cm³/mol. The van der Waals surface area contributed by atoms with Gasteiger partial charge in [0, 0.05) is 49.3 Å². The number of halogens is 1. The molecule has 0 saturated carbocycles. The summed E-state index contributed by atoms with van der Waals surface area (Å²) in [4.78, 5) is 2.13. The lowest BCUT2D eigenvalue weighted by Gasteiger charge is -2.35. The van der Waals surface area contributed by atoms with Crippen molar-refractivity contribution in [3.05, 3.63) is 28.2 Å². The second-order valence-corrected chi connectivity index (χ2v) is 6.22. The number of rotatable bonds is 4. The van der Waals surface area contributed by atoms with Gasteiger partial charge in [0.25, 0.3) is 0 Å². The van der Waals surface area contributed by atoms with Gasteiger partial charge in [0.2, 0.25) is 0 Å². The number of likely N-dealkylation sites (N-methyl/N-ethyl adjacent to an activating group) is 1. The van der Waals surface area contributed by atoms with E-state index < -0.39 is 5.60 Å². The van der Waals surface area contributed by atoms with E-state index in [1.54, 1.807) is 0 Å². The number of anilines is 1. The van der Waals surface area contributed by atoms with Gasteiger partial charge in [-0.2, -0.15) is 0 Å². The average molecular weight is 329 g/mol. The molecular formula is C14H21BrN2O2. The van der Waals surface area contributed by atoms with Crippen molar-refractivity contribution in [2.75, 3.05) is 32.5 Å². The Morgan fingerprint density at radius 2 is 2.11 bits per heavy atom. The van der Waals surface area contributed by atoms with Crippen LogP contribution in [0.4, 0.5) is 5.69 Å². The first kappa shape index (κ1) is 14.8. The highest BCUT2D eigenvalue weighted by molar-refractivity contribution is 9.10. The Bertz CT molecular complexity index is 433. The van der Waals surface area contributed by atoms with Crippen molar-refractivity contribution in [2.24, 2.45) is 0 Å². The molecule has 106 valence electrons. The fourth-order valence-electron chi connectivity index (χ4n) is 2.47. The third-order valence-corrected chi connectivity index (χ3v) is 4.22. The monoisotopic (exact) mass is 328 g/mol. The van der Waals surface area contributed by atoms with Gasteiger partial charge in [-0.25, -0.2) is 0 Å². The zero-order chi connectivity index (χ0) is 13.9. The van der Waals surface area contributed by atoms with E-state index in [4.69, 9.17) is 10.5 Å². The summed E-state index contributed by atoms with van der Waals surface area (Å²) in [6.07, 6.45) is 1.42. The molecule has 3 N–H and O–H groups in total. The Hall–Kier alpha value is -0.620. The zero-order valence-corrected chi connectivity index (χ0v) is 12.8. The standard InChI is InChI=1S/C14H21BrN2O2/c1-17(10-14(18)4-6-19-7-5-14)9-11-2-3-12(15)13(16)8-11/h2-3,8,18H,4-7,9-10,16H2,1H3. The molecule has 0 bridgehead atoms. The Morgan fingerprint density at radius 3 is 2.74 bits per heavy atom. The van der Waals surface area contributed by atoms with Crippen LogP contribution < -0.4 is 5.73 Å². The fourth-order valence-corrected chi connectivity index (χ4v) is 2.72. The van der Waals surface area contributed by atoms with Gasteiger partial charge in [-0.15, -0.1) is 0 Å². The van der Waals surface area contributed by atoms with Crippen LogP contribution in [0.3, 0.4) is 0 Å². The zero-order valence-electron chi connectivity index (χ0n) is 11.2. The van der Waals surface area contributed by atoms with Crippen molar-refractivity contribution in [1.82, 2.24) is 4.90 Å². The van der Waals surface area contributed by atoms with Crippen molar-refractivity contribution in [2.45, 2.75) is 25.0 Å². The molecule has 0 atom stereocenters. The van der Waals surface area contributed by atoms with Crippen LogP contribution in [0.2, 0.25) is 0 Å². The summed E-state index contributed by atoms with van der Waals surface area (Å²) in [5.41, 5.74) is 7.16. The number of nitrogen functional groups attached to an aromatic ring is 1. The van der Waals surface area contributed by atoms with Gasteiger partial charge < -0.3 is 15.6 Å². The van der Waals surface area contributed by atoms with E-state index in [0.717, 1.165) is 22.3 Å². The minimum atomic E-state index is -0.617. The quantitative estimate of drug-likeness (QED) is 0.830. The van der Waals surface area contributed by atoms with Crippen molar-refractivity contribution >= 4 is 21.6 Å². The van der Waals surface area contributed by atoms with Gasteiger partial charge in [0.05, 0.1) is 5.60 Å². The molecule has 1 fully saturated rings. The highest BCUT2D eigenvalue weighted by Crippen LogP contribution is 2.24. The average Bonchev–Trinajstić information content (AvgIpc) is 2.34. The highest BCUT2D eigenvalue weighted by Gasteiger charge is 2.30. The molecule has 0 amide bonds. The second kappa shape index (κ2) is 6.22. The molecule has 0 aromatic heterocycles.